The van der Waals surface area contributed by atoms with E-state index in [1.807, 2.05) is 31.2 Å². The van der Waals surface area contributed by atoms with Gasteiger partial charge < -0.3 is 10.2 Å². The first-order chi connectivity index (χ1) is 12.0. The number of nitrogens with one attached hydrogen (secondary N) is 2. The minimum Gasteiger partial charge on any atom is -0.508 e. The minimum atomic E-state index is -0.458. The number of aromatic amines is 1. The van der Waals surface area contributed by atoms with Gasteiger partial charge in [0.05, 0.1) is 11.9 Å². The van der Waals surface area contributed by atoms with E-state index in [0.717, 1.165) is 11.1 Å². The van der Waals surface area contributed by atoms with Gasteiger partial charge in [-0.1, -0.05) is 29.8 Å². The second-order valence-corrected chi connectivity index (χ2v) is 5.48. The summed E-state index contributed by atoms with van der Waals surface area (Å²) in [5, 5.41) is 29.4. The highest BCUT2D eigenvalue weighted by atomic mass is 16.3. The largest absolute Gasteiger partial charge is 0.508 e. The summed E-state index contributed by atoms with van der Waals surface area (Å²) in [5.41, 5.74) is 5.68. The van der Waals surface area contributed by atoms with Gasteiger partial charge in [0.25, 0.3) is 5.91 Å². The number of carbonyl (C=O) groups is 1. The Kier molecular flexibility index (Phi) is 4.47. The van der Waals surface area contributed by atoms with Crippen LogP contribution in [0.25, 0.3) is 11.3 Å². The maximum Gasteiger partial charge on any atom is 0.289 e. The fourth-order valence-electron chi connectivity index (χ4n) is 2.17. The Morgan fingerprint density at radius 2 is 1.92 bits per heavy atom. The molecule has 0 unspecified atom stereocenters. The second kappa shape index (κ2) is 6.88. The van der Waals surface area contributed by atoms with Gasteiger partial charge in [-0.25, -0.2) is 5.43 Å². The molecule has 2 aromatic carbocycles. The van der Waals surface area contributed by atoms with Crippen LogP contribution in [-0.2, 0) is 0 Å². The predicted molar refractivity (Wildman–Crippen MR) is 93.6 cm³/mol. The molecular weight excluding hydrogens is 320 g/mol. The van der Waals surface area contributed by atoms with Crippen molar-refractivity contribution in [2.75, 3.05) is 0 Å². The van der Waals surface area contributed by atoms with Crippen molar-refractivity contribution in [2.24, 2.45) is 5.10 Å². The molecule has 7 heteroatoms. The average molecular weight is 336 g/mol. The molecular formula is C18H16N4O3. The Balaban J connectivity index is 1.67. The molecule has 7 nitrogen and oxygen atoms in total. The number of hydrogen-bond donors (Lipinski definition) is 4. The van der Waals surface area contributed by atoms with E-state index in [2.05, 4.69) is 20.7 Å². The maximum absolute atomic E-state index is 12.1. The highest BCUT2D eigenvalue weighted by Gasteiger charge is 2.10. The summed E-state index contributed by atoms with van der Waals surface area (Å²) in [6, 6.07) is 13.5. The summed E-state index contributed by atoms with van der Waals surface area (Å²) in [5.74, 6) is -0.652. The Hall–Kier alpha value is -3.61. The van der Waals surface area contributed by atoms with Crippen LogP contribution in [0.5, 0.6) is 11.5 Å². The highest BCUT2D eigenvalue weighted by molar-refractivity contribution is 5.94. The number of aromatic nitrogens is 2. The van der Waals surface area contributed by atoms with E-state index in [1.165, 1.54) is 24.4 Å². The molecule has 1 heterocycles. The predicted octanol–water partition coefficient (Wildman–Crippen LogP) is 2.56. The molecule has 25 heavy (non-hydrogen) atoms. The van der Waals surface area contributed by atoms with Crippen molar-refractivity contribution in [1.29, 1.82) is 0 Å². The van der Waals surface area contributed by atoms with Crippen molar-refractivity contribution in [3.05, 3.63) is 65.4 Å². The number of rotatable bonds is 4. The van der Waals surface area contributed by atoms with Crippen LogP contribution < -0.4 is 5.43 Å². The molecule has 0 aliphatic heterocycles. The fourth-order valence-corrected chi connectivity index (χ4v) is 2.17. The molecule has 0 aliphatic rings. The summed E-state index contributed by atoms with van der Waals surface area (Å²) < 4.78 is 0. The molecule has 0 aliphatic carbocycles. The Morgan fingerprint density at radius 3 is 2.64 bits per heavy atom. The average Bonchev–Trinajstić information content (AvgIpc) is 3.07. The molecule has 126 valence electrons. The molecule has 4 N–H and O–H groups in total. The van der Waals surface area contributed by atoms with Crippen LogP contribution in [0.2, 0.25) is 0 Å². The second-order valence-electron chi connectivity index (χ2n) is 5.48. The molecule has 0 atom stereocenters. The third kappa shape index (κ3) is 3.84. The van der Waals surface area contributed by atoms with Gasteiger partial charge in [-0.05, 0) is 25.1 Å². The van der Waals surface area contributed by atoms with Crippen molar-refractivity contribution in [3.8, 4) is 22.8 Å². The molecule has 3 aromatic rings. The van der Waals surface area contributed by atoms with Crippen LogP contribution in [0.4, 0.5) is 0 Å². The number of hydrogen-bond acceptors (Lipinski definition) is 5. The number of aryl methyl sites for hydroxylation is 1. The van der Waals surface area contributed by atoms with Gasteiger partial charge >= 0.3 is 0 Å². The van der Waals surface area contributed by atoms with Gasteiger partial charge in [-0.2, -0.15) is 10.2 Å². The number of aromatic hydroxyl groups is 2. The lowest BCUT2D eigenvalue weighted by molar-refractivity contribution is 0.0950. The summed E-state index contributed by atoms with van der Waals surface area (Å²) in [4.78, 5) is 12.1. The summed E-state index contributed by atoms with van der Waals surface area (Å²) in [7, 11) is 0. The third-order valence-corrected chi connectivity index (χ3v) is 3.55. The zero-order chi connectivity index (χ0) is 17.8. The number of amides is 1. The van der Waals surface area contributed by atoms with E-state index in [9.17, 15) is 15.0 Å². The number of phenolic OH excluding ortho intramolecular Hbond substituents is 2. The van der Waals surface area contributed by atoms with Gasteiger partial charge in [-0.3, -0.25) is 9.89 Å². The number of H-pyrrole nitrogens is 1. The Labute approximate surface area is 143 Å². The van der Waals surface area contributed by atoms with Crippen LogP contribution in [-0.4, -0.2) is 32.5 Å². The number of phenols is 2. The molecule has 1 amide bonds. The molecule has 0 saturated carbocycles. The van der Waals surface area contributed by atoms with Crippen LogP contribution >= 0.6 is 0 Å². The van der Waals surface area contributed by atoms with Gasteiger partial charge in [-0.15, -0.1) is 0 Å². The van der Waals surface area contributed by atoms with Gasteiger partial charge in [0.1, 0.15) is 17.2 Å². The van der Waals surface area contributed by atoms with Crippen LogP contribution in [0.3, 0.4) is 0 Å². The zero-order valence-corrected chi connectivity index (χ0v) is 13.4. The summed E-state index contributed by atoms with van der Waals surface area (Å²) in [6.45, 7) is 2.00. The van der Waals surface area contributed by atoms with E-state index < -0.39 is 5.91 Å². The van der Waals surface area contributed by atoms with Gasteiger partial charge in [0.15, 0.2) is 0 Å². The van der Waals surface area contributed by atoms with Gasteiger partial charge in [0.2, 0.25) is 0 Å². The van der Waals surface area contributed by atoms with Crippen LogP contribution in [0.1, 0.15) is 21.6 Å². The lowest BCUT2D eigenvalue weighted by Crippen LogP contribution is -2.18. The van der Waals surface area contributed by atoms with E-state index in [4.69, 9.17) is 0 Å². The minimum absolute atomic E-state index is 0.0558. The standard InChI is InChI=1S/C18H16N4O3/c1-11-2-4-12(5-3-11)15-9-16(21-20-15)18(25)22-19-10-13-6-7-14(23)8-17(13)24/h2-10,23-24H,1H3,(H,20,21)(H,22,25). The molecule has 3 rings (SSSR count). The van der Waals surface area contributed by atoms with E-state index in [1.54, 1.807) is 6.07 Å². The SMILES string of the molecule is Cc1ccc(-c2cc(C(=O)NN=Cc3ccc(O)cc3O)[nH]n2)cc1. The molecule has 0 spiro atoms. The summed E-state index contributed by atoms with van der Waals surface area (Å²) >= 11 is 0. The molecule has 0 saturated heterocycles. The van der Waals surface area contributed by atoms with Crippen molar-refractivity contribution in [1.82, 2.24) is 15.6 Å². The normalized spacial score (nSPS) is 10.9. The van der Waals surface area contributed by atoms with Crippen molar-refractivity contribution in [2.45, 2.75) is 6.92 Å². The zero-order valence-electron chi connectivity index (χ0n) is 13.4. The first-order valence-electron chi connectivity index (χ1n) is 7.51. The third-order valence-electron chi connectivity index (χ3n) is 3.55. The number of nitrogens with zero attached hydrogens (tertiary/aromatic N) is 2. The molecule has 1 aromatic heterocycles. The van der Waals surface area contributed by atoms with Crippen molar-refractivity contribution in [3.63, 3.8) is 0 Å². The summed E-state index contributed by atoms with van der Waals surface area (Å²) in [6.07, 6.45) is 1.28. The number of benzene rings is 2. The van der Waals surface area contributed by atoms with E-state index in [-0.39, 0.29) is 17.2 Å². The lowest BCUT2D eigenvalue weighted by atomic mass is 10.1. The van der Waals surface area contributed by atoms with Gasteiger partial charge in [0, 0.05) is 17.2 Å². The monoisotopic (exact) mass is 336 g/mol. The first-order valence-corrected chi connectivity index (χ1v) is 7.51. The highest BCUT2D eigenvalue weighted by Crippen LogP contribution is 2.21. The first kappa shape index (κ1) is 16.3. The Bertz CT molecular complexity index is 930. The number of hydrazone groups is 1. The topological polar surface area (TPSA) is 111 Å². The van der Waals surface area contributed by atoms with Crippen molar-refractivity contribution >= 4 is 12.1 Å². The lowest BCUT2D eigenvalue weighted by Gasteiger charge is -1.99. The molecule has 0 fully saturated rings. The fraction of sp³-hybridized carbons (Fsp3) is 0.0556. The smallest absolute Gasteiger partial charge is 0.289 e. The van der Waals surface area contributed by atoms with E-state index in [0.29, 0.717) is 11.3 Å². The van der Waals surface area contributed by atoms with E-state index >= 15 is 0 Å². The maximum atomic E-state index is 12.1. The quantitative estimate of drug-likeness (QED) is 0.433. The van der Waals surface area contributed by atoms with Crippen LogP contribution in [0.15, 0.2) is 53.6 Å². The number of carbonyl (C=O) groups excluding carboxylic acids is 1. The van der Waals surface area contributed by atoms with Crippen molar-refractivity contribution < 1.29 is 15.0 Å². The molecule has 0 radical (unpaired) electrons. The molecule has 0 bridgehead atoms. The van der Waals surface area contributed by atoms with Crippen LogP contribution in [0, 0.1) is 6.92 Å². The Morgan fingerprint density at radius 1 is 1.16 bits per heavy atom.